The van der Waals surface area contributed by atoms with Crippen LogP contribution in [-0.4, -0.2) is 47.4 Å². The highest BCUT2D eigenvalue weighted by Crippen LogP contribution is 2.33. The van der Waals surface area contributed by atoms with Crippen molar-refractivity contribution in [2.75, 3.05) is 24.5 Å². The van der Waals surface area contributed by atoms with Gasteiger partial charge >= 0.3 is 5.97 Å². The Kier molecular flexibility index (Phi) is 4.92. The van der Waals surface area contributed by atoms with Gasteiger partial charge < -0.3 is 14.9 Å². The molecule has 2 unspecified atom stereocenters. The largest absolute Gasteiger partial charge is 0.481 e. The number of hydrogen-bond donors (Lipinski definition) is 1. The SMILES string of the molecule is CC1(C(=O)O)CCCN(C(=O)C2CC(=O)N(c3ccc(Cl)c(F)c3)C2)C1. The number of likely N-dealkylation sites (tertiary alicyclic amines) is 1. The highest BCUT2D eigenvalue weighted by molar-refractivity contribution is 6.30. The molecule has 2 aliphatic rings. The predicted octanol–water partition coefficient (Wildman–Crippen LogP) is 2.55. The molecule has 2 aliphatic heterocycles. The van der Waals surface area contributed by atoms with Gasteiger partial charge in [-0.15, -0.1) is 0 Å². The minimum Gasteiger partial charge on any atom is -0.481 e. The van der Waals surface area contributed by atoms with Gasteiger partial charge in [0.15, 0.2) is 0 Å². The molecule has 0 aliphatic carbocycles. The minimum atomic E-state index is -0.963. The number of rotatable bonds is 3. The van der Waals surface area contributed by atoms with Gasteiger partial charge in [-0.05, 0) is 38.0 Å². The molecule has 0 saturated carbocycles. The zero-order valence-electron chi connectivity index (χ0n) is 14.4. The average molecular weight is 383 g/mol. The summed E-state index contributed by atoms with van der Waals surface area (Å²) >= 11 is 5.67. The van der Waals surface area contributed by atoms with E-state index in [0.29, 0.717) is 25.1 Å². The van der Waals surface area contributed by atoms with Crippen molar-refractivity contribution in [2.45, 2.75) is 26.2 Å². The molecule has 6 nitrogen and oxygen atoms in total. The lowest BCUT2D eigenvalue weighted by Crippen LogP contribution is -2.50. The summed E-state index contributed by atoms with van der Waals surface area (Å²) in [5.41, 5.74) is -0.601. The first kappa shape index (κ1) is 18.6. The molecule has 0 spiro atoms. The molecule has 3 rings (SSSR count). The maximum absolute atomic E-state index is 13.7. The van der Waals surface area contributed by atoms with Crippen LogP contribution < -0.4 is 4.90 Å². The Bertz CT molecular complexity index is 772. The number of amides is 2. The summed E-state index contributed by atoms with van der Waals surface area (Å²) in [5, 5.41) is 9.36. The molecule has 2 fully saturated rings. The lowest BCUT2D eigenvalue weighted by atomic mass is 9.81. The topological polar surface area (TPSA) is 77.9 Å². The fourth-order valence-corrected chi connectivity index (χ4v) is 3.75. The van der Waals surface area contributed by atoms with Crippen molar-refractivity contribution in [3.05, 3.63) is 29.0 Å². The van der Waals surface area contributed by atoms with Crippen molar-refractivity contribution < 1.29 is 23.9 Å². The van der Waals surface area contributed by atoms with Crippen LogP contribution in [0.25, 0.3) is 0 Å². The number of anilines is 1. The van der Waals surface area contributed by atoms with E-state index in [1.165, 1.54) is 17.0 Å². The van der Waals surface area contributed by atoms with E-state index < -0.39 is 23.1 Å². The second kappa shape index (κ2) is 6.87. The number of nitrogens with zero attached hydrogens (tertiary/aromatic N) is 2. The molecule has 2 atom stereocenters. The molecule has 2 saturated heterocycles. The Morgan fingerprint density at radius 3 is 2.77 bits per heavy atom. The van der Waals surface area contributed by atoms with Crippen molar-refractivity contribution in [2.24, 2.45) is 11.3 Å². The van der Waals surface area contributed by atoms with Gasteiger partial charge in [0.05, 0.1) is 16.4 Å². The van der Waals surface area contributed by atoms with Gasteiger partial charge in [-0.3, -0.25) is 14.4 Å². The second-order valence-corrected chi connectivity index (χ2v) is 7.64. The summed E-state index contributed by atoms with van der Waals surface area (Å²) in [6.45, 7) is 2.42. The van der Waals surface area contributed by atoms with E-state index in [2.05, 4.69) is 0 Å². The molecule has 8 heteroatoms. The molecule has 26 heavy (non-hydrogen) atoms. The number of halogens is 2. The Morgan fingerprint density at radius 1 is 1.38 bits per heavy atom. The molecule has 0 bridgehead atoms. The molecular weight excluding hydrogens is 363 g/mol. The van der Waals surface area contributed by atoms with Gasteiger partial charge in [0.2, 0.25) is 11.8 Å². The van der Waals surface area contributed by atoms with Crippen LogP contribution in [0, 0.1) is 17.2 Å². The highest BCUT2D eigenvalue weighted by Gasteiger charge is 2.43. The van der Waals surface area contributed by atoms with E-state index in [-0.39, 0.29) is 36.3 Å². The molecule has 0 aromatic heterocycles. The normalized spacial score (nSPS) is 26.3. The number of aliphatic carboxylic acids is 1. The Hall–Kier alpha value is -2.15. The van der Waals surface area contributed by atoms with Gasteiger partial charge in [0, 0.05) is 31.7 Å². The first-order chi connectivity index (χ1) is 12.2. The monoisotopic (exact) mass is 382 g/mol. The second-order valence-electron chi connectivity index (χ2n) is 7.23. The van der Waals surface area contributed by atoms with Crippen LogP contribution in [0.3, 0.4) is 0 Å². The van der Waals surface area contributed by atoms with E-state index in [4.69, 9.17) is 11.6 Å². The van der Waals surface area contributed by atoms with Crippen LogP contribution in [0.2, 0.25) is 5.02 Å². The quantitative estimate of drug-likeness (QED) is 0.871. The van der Waals surface area contributed by atoms with E-state index in [9.17, 15) is 23.9 Å². The van der Waals surface area contributed by atoms with Gasteiger partial charge in [0.25, 0.3) is 0 Å². The zero-order valence-corrected chi connectivity index (χ0v) is 15.1. The van der Waals surface area contributed by atoms with Crippen LogP contribution in [0.1, 0.15) is 26.2 Å². The number of carboxylic acids is 1. The van der Waals surface area contributed by atoms with E-state index >= 15 is 0 Å². The Labute approximate surface area is 155 Å². The van der Waals surface area contributed by atoms with Crippen LogP contribution in [0.15, 0.2) is 18.2 Å². The van der Waals surface area contributed by atoms with Crippen LogP contribution in [-0.2, 0) is 14.4 Å². The third-order valence-corrected chi connectivity index (χ3v) is 5.52. The van der Waals surface area contributed by atoms with Crippen LogP contribution >= 0.6 is 11.6 Å². The number of carbonyl (C=O) groups is 3. The number of hydrogen-bond acceptors (Lipinski definition) is 3. The number of piperidine rings is 1. The highest BCUT2D eigenvalue weighted by atomic mass is 35.5. The summed E-state index contributed by atoms with van der Waals surface area (Å²) < 4.78 is 13.7. The standard InChI is InChI=1S/C18H20ClFN2O4/c1-18(17(25)26)5-2-6-21(10-18)16(24)11-7-15(23)22(9-11)12-3-4-13(19)14(20)8-12/h3-4,8,11H,2,5-7,9-10H2,1H3,(H,25,26). The summed E-state index contributed by atoms with van der Waals surface area (Å²) in [6.07, 6.45) is 1.16. The summed E-state index contributed by atoms with van der Waals surface area (Å²) in [6, 6.07) is 4.09. The predicted molar refractivity (Wildman–Crippen MR) is 93.4 cm³/mol. The van der Waals surface area contributed by atoms with Crippen molar-refractivity contribution in [1.82, 2.24) is 4.90 Å². The summed E-state index contributed by atoms with van der Waals surface area (Å²) in [7, 11) is 0. The Balaban J connectivity index is 1.72. The molecule has 2 amide bonds. The van der Waals surface area contributed by atoms with Crippen molar-refractivity contribution in [3.8, 4) is 0 Å². The molecule has 1 aromatic carbocycles. The number of carbonyl (C=O) groups excluding carboxylic acids is 2. The van der Waals surface area contributed by atoms with Crippen molar-refractivity contribution in [3.63, 3.8) is 0 Å². The third kappa shape index (κ3) is 3.40. The number of benzene rings is 1. The average Bonchev–Trinajstić information content (AvgIpc) is 2.98. The van der Waals surface area contributed by atoms with Crippen molar-refractivity contribution >= 4 is 35.1 Å². The minimum absolute atomic E-state index is 0.0311. The molecule has 1 N–H and O–H groups in total. The lowest BCUT2D eigenvalue weighted by molar-refractivity contribution is -0.154. The third-order valence-electron chi connectivity index (χ3n) is 5.21. The van der Waals surface area contributed by atoms with Gasteiger partial charge in [-0.2, -0.15) is 0 Å². The molecular formula is C18H20ClFN2O4. The maximum Gasteiger partial charge on any atom is 0.311 e. The lowest BCUT2D eigenvalue weighted by Gasteiger charge is -2.38. The fourth-order valence-electron chi connectivity index (χ4n) is 3.64. The Morgan fingerprint density at radius 2 is 2.12 bits per heavy atom. The van der Waals surface area contributed by atoms with E-state index in [1.807, 2.05) is 0 Å². The van der Waals surface area contributed by atoms with Crippen molar-refractivity contribution in [1.29, 1.82) is 0 Å². The molecule has 140 valence electrons. The molecule has 2 heterocycles. The fraction of sp³-hybridized carbons (Fsp3) is 0.500. The van der Waals surface area contributed by atoms with E-state index in [1.54, 1.807) is 17.9 Å². The molecule has 1 aromatic rings. The maximum atomic E-state index is 13.7. The van der Waals surface area contributed by atoms with Gasteiger partial charge in [-0.1, -0.05) is 11.6 Å². The van der Waals surface area contributed by atoms with Gasteiger partial charge in [-0.25, -0.2) is 4.39 Å². The van der Waals surface area contributed by atoms with Crippen LogP contribution in [0.5, 0.6) is 0 Å². The zero-order chi connectivity index (χ0) is 19.1. The smallest absolute Gasteiger partial charge is 0.311 e. The summed E-state index contributed by atoms with van der Waals surface area (Å²) in [5.74, 6) is -2.58. The first-order valence-electron chi connectivity index (χ1n) is 8.49. The first-order valence-corrected chi connectivity index (χ1v) is 8.87. The number of carboxylic acid groups (broad SMARTS) is 1. The molecule has 0 radical (unpaired) electrons. The van der Waals surface area contributed by atoms with E-state index in [0.717, 1.165) is 0 Å². The van der Waals surface area contributed by atoms with Crippen LogP contribution in [0.4, 0.5) is 10.1 Å². The van der Waals surface area contributed by atoms with Gasteiger partial charge in [0.1, 0.15) is 5.82 Å². The summed E-state index contributed by atoms with van der Waals surface area (Å²) in [4.78, 5) is 39.5.